The average molecular weight is 299 g/mol. The number of aryl methyl sites for hydroxylation is 1. The number of pyridine rings is 1. The average Bonchev–Trinajstić information content (AvgIpc) is 2.55. The minimum Gasteiger partial charge on any atom is -0.458 e. The van der Waals surface area contributed by atoms with Gasteiger partial charge in [-0.25, -0.2) is 9.78 Å². The Labute approximate surface area is 128 Å². The molecule has 0 saturated heterocycles. The van der Waals surface area contributed by atoms with Gasteiger partial charge in [-0.1, -0.05) is 24.3 Å². The van der Waals surface area contributed by atoms with Crippen molar-refractivity contribution in [1.29, 1.82) is 0 Å². The summed E-state index contributed by atoms with van der Waals surface area (Å²) in [7, 11) is 0. The molecular weight excluding hydrogens is 282 g/mol. The van der Waals surface area contributed by atoms with Crippen molar-refractivity contribution in [2.45, 2.75) is 30.4 Å². The van der Waals surface area contributed by atoms with Crippen LogP contribution in [0.25, 0.3) is 0 Å². The van der Waals surface area contributed by atoms with Crippen molar-refractivity contribution in [2.75, 3.05) is 6.26 Å². The molecule has 0 amide bonds. The smallest absolute Gasteiger partial charge is 0.339 e. The van der Waals surface area contributed by atoms with Gasteiger partial charge in [-0.05, 0) is 42.4 Å². The fourth-order valence-corrected chi connectivity index (χ4v) is 2.97. The number of carbonyl (C=O) groups is 1. The molecule has 0 N–H and O–H groups in total. The lowest BCUT2D eigenvalue weighted by atomic mass is 9.90. The first-order valence-corrected chi connectivity index (χ1v) is 8.26. The van der Waals surface area contributed by atoms with Crippen LogP contribution in [0.15, 0.2) is 47.6 Å². The van der Waals surface area contributed by atoms with Crippen LogP contribution in [0.2, 0.25) is 0 Å². The Morgan fingerprint density at radius 1 is 1.24 bits per heavy atom. The van der Waals surface area contributed by atoms with Gasteiger partial charge >= 0.3 is 5.97 Å². The third-order valence-corrected chi connectivity index (χ3v) is 4.42. The number of nitrogens with zero attached hydrogens (tertiary/aromatic N) is 1. The highest BCUT2D eigenvalue weighted by molar-refractivity contribution is 7.98. The van der Waals surface area contributed by atoms with E-state index in [1.54, 1.807) is 24.0 Å². The zero-order chi connectivity index (χ0) is 14.7. The van der Waals surface area contributed by atoms with Gasteiger partial charge in [-0.3, -0.25) is 0 Å². The predicted molar refractivity (Wildman–Crippen MR) is 83.7 cm³/mol. The minimum atomic E-state index is -0.278. The summed E-state index contributed by atoms with van der Waals surface area (Å²) in [5, 5.41) is 0.901. The summed E-state index contributed by atoms with van der Waals surface area (Å²) in [5.74, 6) is -0.278. The Kier molecular flexibility index (Phi) is 4.25. The van der Waals surface area contributed by atoms with E-state index in [1.807, 2.05) is 18.4 Å². The van der Waals surface area contributed by atoms with Crippen molar-refractivity contribution in [3.8, 4) is 0 Å². The van der Waals surface area contributed by atoms with Gasteiger partial charge in [-0.15, -0.1) is 11.8 Å². The Balaban J connectivity index is 1.65. The molecule has 21 heavy (non-hydrogen) atoms. The van der Waals surface area contributed by atoms with Gasteiger partial charge in [0.2, 0.25) is 0 Å². The summed E-state index contributed by atoms with van der Waals surface area (Å²) in [6.45, 7) is 0. The van der Waals surface area contributed by atoms with E-state index in [4.69, 9.17) is 4.74 Å². The first-order chi connectivity index (χ1) is 10.3. The van der Waals surface area contributed by atoms with Crippen molar-refractivity contribution in [3.05, 3.63) is 59.3 Å². The zero-order valence-corrected chi connectivity index (χ0v) is 12.7. The summed E-state index contributed by atoms with van der Waals surface area (Å²) < 4.78 is 5.62. The molecule has 1 aliphatic rings. The van der Waals surface area contributed by atoms with E-state index in [1.165, 1.54) is 11.1 Å². The molecule has 1 aromatic heterocycles. The highest BCUT2D eigenvalue weighted by Crippen LogP contribution is 2.23. The number of ether oxygens (including phenoxy) is 1. The first kappa shape index (κ1) is 14.1. The van der Waals surface area contributed by atoms with Crippen LogP contribution in [0.3, 0.4) is 0 Å². The van der Waals surface area contributed by atoms with Crippen LogP contribution in [-0.2, 0) is 17.6 Å². The lowest BCUT2D eigenvalue weighted by Crippen LogP contribution is -2.25. The highest BCUT2D eigenvalue weighted by Gasteiger charge is 2.22. The van der Waals surface area contributed by atoms with Gasteiger partial charge in [-0.2, -0.15) is 0 Å². The predicted octanol–water partition coefficient (Wildman–Crippen LogP) is 3.52. The van der Waals surface area contributed by atoms with Crippen molar-refractivity contribution >= 4 is 17.7 Å². The van der Waals surface area contributed by atoms with Crippen molar-refractivity contribution in [2.24, 2.45) is 0 Å². The third-order valence-electron chi connectivity index (χ3n) is 3.76. The number of hydrogen-bond acceptors (Lipinski definition) is 4. The van der Waals surface area contributed by atoms with Crippen LogP contribution < -0.4 is 0 Å². The van der Waals surface area contributed by atoms with Crippen molar-refractivity contribution < 1.29 is 9.53 Å². The molecule has 2 aromatic rings. The molecule has 0 spiro atoms. The molecule has 0 bridgehead atoms. The highest BCUT2D eigenvalue weighted by atomic mass is 32.2. The quantitative estimate of drug-likeness (QED) is 0.642. The summed E-state index contributed by atoms with van der Waals surface area (Å²) >= 11 is 1.55. The van der Waals surface area contributed by atoms with Gasteiger partial charge in [0.25, 0.3) is 0 Å². The number of hydrogen-bond donors (Lipinski definition) is 0. The maximum Gasteiger partial charge on any atom is 0.339 e. The van der Waals surface area contributed by atoms with E-state index in [0.29, 0.717) is 5.56 Å². The maximum absolute atomic E-state index is 12.2. The molecule has 0 saturated carbocycles. The number of esters is 1. The molecule has 3 rings (SSSR count). The Morgan fingerprint density at radius 3 is 2.76 bits per heavy atom. The number of aromatic nitrogens is 1. The van der Waals surface area contributed by atoms with Gasteiger partial charge in [0.15, 0.2) is 0 Å². The maximum atomic E-state index is 12.2. The van der Waals surface area contributed by atoms with Crippen LogP contribution in [-0.4, -0.2) is 23.3 Å². The molecule has 1 unspecified atom stereocenters. The molecule has 1 aliphatic carbocycles. The second kappa shape index (κ2) is 6.31. The minimum absolute atomic E-state index is 0.0346. The number of thioether (sulfide) groups is 1. The molecule has 1 aromatic carbocycles. The number of fused-ring (bicyclic) bond motifs is 1. The van der Waals surface area contributed by atoms with Crippen LogP contribution in [0.1, 0.15) is 27.9 Å². The van der Waals surface area contributed by atoms with E-state index in [-0.39, 0.29) is 12.1 Å². The molecule has 4 heteroatoms. The van der Waals surface area contributed by atoms with E-state index in [9.17, 15) is 4.79 Å². The first-order valence-electron chi connectivity index (χ1n) is 7.04. The fraction of sp³-hybridized carbons (Fsp3) is 0.294. The summed E-state index contributed by atoms with van der Waals surface area (Å²) in [4.78, 5) is 16.4. The van der Waals surface area contributed by atoms with Crippen LogP contribution in [0.4, 0.5) is 0 Å². The van der Waals surface area contributed by atoms with Gasteiger partial charge < -0.3 is 4.74 Å². The molecule has 108 valence electrons. The second-order valence-corrected chi connectivity index (χ2v) is 5.95. The fourth-order valence-electron chi connectivity index (χ4n) is 2.61. The molecule has 3 nitrogen and oxygen atoms in total. The summed E-state index contributed by atoms with van der Waals surface area (Å²) in [6, 6.07) is 12.0. The zero-order valence-electron chi connectivity index (χ0n) is 11.9. The molecule has 1 atom stereocenters. The summed E-state index contributed by atoms with van der Waals surface area (Å²) in [5.41, 5.74) is 3.18. The Hall–Kier alpha value is -1.81. The lowest BCUT2D eigenvalue weighted by molar-refractivity contribution is 0.0270. The van der Waals surface area contributed by atoms with E-state index in [2.05, 4.69) is 23.2 Å². The van der Waals surface area contributed by atoms with E-state index >= 15 is 0 Å². The van der Waals surface area contributed by atoms with Crippen LogP contribution in [0.5, 0.6) is 0 Å². The number of carbonyl (C=O) groups excluding carboxylic acids is 1. The van der Waals surface area contributed by atoms with E-state index < -0.39 is 0 Å². The molecule has 0 radical (unpaired) electrons. The van der Waals surface area contributed by atoms with Crippen molar-refractivity contribution in [3.63, 3.8) is 0 Å². The topological polar surface area (TPSA) is 39.2 Å². The van der Waals surface area contributed by atoms with Gasteiger partial charge in [0, 0.05) is 12.6 Å². The number of rotatable bonds is 3. The molecule has 0 aliphatic heterocycles. The largest absolute Gasteiger partial charge is 0.458 e. The Bertz CT molecular complexity index is 639. The lowest BCUT2D eigenvalue weighted by Gasteiger charge is -2.24. The monoisotopic (exact) mass is 299 g/mol. The third kappa shape index (κ3) is 3.27. The summed E-state index contributed by atoms with van der Waals surface area (Å²) in [6.07, 6.45) is 6.17. The van der Waals surface area contributed by atoms with Crippen LogP contribution in [0, 0.1) is 0 Å². The Morgan fingerprint density at radius 2 is 2.05 bits per heavy atom. The number of benzene rings is 1. The molecule has 1 heterocycles. The van der Waals surface area contributed by atoms with Crippen molar-refractivity contribution in [1.82, 2.24) is 4.98 Å². The van der Waals surface area contributed by atoms with E-state index in [0.717, 1.165) is 24.3 Å². The van der Waals surface area contributed by atoms with Gasteiger partial charge in [0.1, 0.15) is 6.10 Å². The molecule has 0 fully saturated rings. The molecular formula is C17H17NO2S. The second-order valence-electron chi connectivity index (χ2n) is 5.13. The van der Waals surface area contributed by atoms with Crippen LogP contribution >= 0.6 is 11.8 Å². The normalized spacial score (nSPS) is 17.1. The van der Waals surface area contributed by atoms with Gasteiger partial charge in [0.05, 0.1) is 10.6 Å². The standard InChI is InChI=1S/C17H17NO2S/c1-21-16-9-7-14(11-18-16)17(19)20-15-8-6-12-4-2-3-5-13(12)10-15/h2-5,7,9,11,15H,6,8,10H2,1H3. The SMILES string of the molecule is CSc1ccc(C(=O)OC2CCc3ccccc3C2)cn1.